The molecule has 130 valence electrons. The van der Waals surface area contributed by atoms with Crippen LogP contribution in [0.2, 0.25) is 5.02 Å². The number of carbonyl (C=O) groups excluding carboxylic acids is 2. The number of aryl methyl sites for hydroxylation is 1. The summed E-state index contributed by atoms with van der Waals surface area (Å²) in [6.45, 7) is 0. The largest absolute Gasteiger partial charge is 0.355 e. The second-order valence-corrected chi connectivity index (χ2v) is 7.35. The fraction of sp³-hybridized carbons (Fsp3) is 0.263. The van der Waals surface area contributed by atoms with Crippen LogP contribution in [0.15, 0.2) is 30.3 Å². The number of amides is 2. The number of hydrogen-bond donors (Lipinski definition) is 2. The van der Waals surface area contributed by atoms with Gasteiger partial charge >= 0.3 is 0 Å². The van der Waals surface area contributed by atoms with E-state index in [4.69, 9.17) is 11.6 Å². The van der Waals surface area contributed by atoms with E-state index in [2.05, 4.69) is 10.6 Å². The number of benzene rings is 1. The molecule has 3 rings (SSSR count). The first-order chi connectivity index (χ1) is 12.1. The number of carbonyl (C=O) groups is 2. The number of thiophene rings is 1. The summed E-state index contributed by atoms with van der Waals surface area (Å²) in [6.07, 6.45) is 7.17. The first-order valence-electron chi connectivity index (χ1n) is 8.20. The third kappa shape index (κ3) is 3.94. The fourth-order valence-electron chi connectivity index (χ4n) is 2.95. The average molecular weight is 375 g/mol. The predicted molar refractivity (Wildman–Crippen MR) is 103 cm³/mol. The Morgan fingerprint density at radius 2 is 1.96 bits per heavy atom. The lowest BCUT2D eigenvalue weighted by atomic mass is 9.95. The third-order valence-corrected chi connectivity index (χ3v) is 5.73. The molecular weight excluding hydrogens is 356 g/mol. The van der Waals surface area contributed by atoms with Crippen LogP contribution in [0.4, 0.5) is 5.00 Å². The van der Waals surface area contributed by atoms with Gasteiger partial charge in [-0.2, -0.15) is 0 Å². The van der Waals surface area contributed by atoms with Gasteiger partial charge in [0.25, 0.3) is 5.91 Å². The molecular formula is C19H19ClN2O2S. The van der Waals surface area contributed by atoms with Gasteiger partial charge in [0, 0.05) is 23.0 Å². The van der Waals surface area contributed by atoms with Crippen molar-refractivity contribution < 1.29 is 9.59 Å². The summed E-state index contributed by atoms with van der Waals surface area (Å²) < 4.78 is 0. The van der Waals surface area contributed by atoms with Crippen molar-refractivity contribution in [2.75, 3.05) is 12.4 Å². The van der Waals surface area contributed by atoms with Gasteiger partial charge in [0.1, 0.15) is 5.00 Å². The molecule has 25 heavy (non-hydrogen) atoms. The molecule has 0 spiro atoms. The molecule has 1 aliphatic carbocycles. The smallest absolute Gasteiger partial charge is 0.254 e. The van der Waals surface area contributed by atoms with E-state index in [1.54, 1.807) is 19.2 Å². The van der Waals surface area contributed by atoms with E-state index < -0.39 is 0 Å². The number of halogens is 1. The van der Waals surface area contributed by atoms with Crippen LogP contribution >= 0.6 is 22.9 Å². The first kappa shape index (κ1) is 17.7. The predicted octanol–water partition coefficient (Wildman–Crippen LogP) is 4.29. The second-order valence-electron chi connectivity index (χ2n) is 5.84. The van der Waals surface area contributed by atoms with Crippen LogP contribution in [-0.4, -0.2) is 18.9 Å². The van der Waals surface area contributed by atoms with Gasteiger partial charge < -0.3 is 10.6 Å². The van der Waals surface area contributed by atoms with Crippen molar-refractivity contribution in [2.24, 2.45) is 0 Å². The van der Waals surface area contributed by atoms with Gasteiger partial charge in [-0.15, -0.1) is 11.3 Å². The van der Waals surface area contributed by atoms with E-state index in [1.165, 1.54) is 22.3 Å². The Kier molecular flexibility index (Phi) is 5.56. The van der Waals surface area contributed by atoms with Crippen LogP contribution in [0.5, 0.6) is 0 Å². The topological polar surface area (TPSA) is 58.2 Å². The lowest BCUT2D eigenvalue weighted by Crippen LogP contribution is -2.21. The molecule has 2 amide bonds. The monoisotopic (exact) mass is 374 g/mol. The van der Waals surface area contributed by atoms with E-state index in [0.29, 0.717) is 15.6 Å². The minimum atomic E-state index is -0.274. The van der Waals surface area contributed by atoms with E-state index >= 15 is 0 Å². The lowest BCUT2D eigenvalue weighted by molar-refractivity contribution is -0.111. The molecule has 0 fully saturated rings. The number of hydrogen-bond acceptors (Lipinski definition) is 3. The molecule has 0 saturated carbocycles. The van der Waals surface area contributed by atoms with E-state index in [9.17, 15) is 9.59 Å². The number of nitrogens with one attached hydrogen (secondary N) is 2. The molecule has 1 aromatic carbocycles. The maximum absolute atomic E-state index is 12.3. The Morgan fingerprint density at radius 1 is 1.20 bits per heavy atom. The molecule has 0 bridgehead atoms. The molecule has 6 heteroatoms. The summed E-state index contributed by atoms with van der Waals surface area (Å²) in [4.78, 5) is 25.8. The third-order valence-electron chi connectivity index (χ3n) is 4.18. The fourth-order valence-corrected chi connectivity index (χ4v) is 4.44. The highest BCUT2D eigenvalue weighted by Gasteiger charge is 2.25. The van der Waals surface area contributed by atoms with Gasteiger partial charge in [0.05, 0.1) is 5.56 Å². The molecule has 0 atom stereocenters. The molecule has 0 unspecified atom stereocenters. The molecule has 0 aliphatic heterocycles. The minimum absolute atomic E-state index is 0.148. The summed E-state index contributed by atoms with van der Waals surface area (Å²) in [7, 11) is 1.61. The van der Waals surface area contributed by atoms with Crippen LogP contribution in [-0.2, 0) is 17.6 Å². The molecule has 1 aliphatic rings. The molecule has 0 saturated heterocycles. The summed E-state index contributed by atoms with van der Waals surface area (Å²) in [6, 6.07) is 7.31. The van der Waals surface area contributed by atoms with E-state index in [0.717, 1.165) is 36.8 Å². The lowest BCUT2D eigenvalue weighted by Gasteiger charge is -2.12. The van der Waals surface area contributed by atoms with E-state index in [-0.39, 0.29) is 11.8 Å². The van der Waals surface area contributed by atoms with Crippen molar-refractivity contribution in [1.29, 1.82) is 0 Å². The van der Waals surface area contributed by atoms with Crippen molar-refractivity contribution in [3.05, 3.63) is 56.9 Å². The SMILES string of the molecule is CNC(=O)c1c(NC(=O)/C=C/c2ccccc2Cl)sc2c1CCCC2. The molecule has 1 aromatic heterocycles. The van der Waals surface area contributed by atoms with Gasteiger partial charge in [-0.3, -0.25) is 9.59 Å². The minimum Gasteiger partial charge on any atom is -0.355 e. The Balaban J connectivity index is 1.82. The quantitative estimate of drug-likeness (QED) is 0.784. The zero-order chi connectivity index (χ0) is 17.8. The maximum Gasteiger partial charge on any atom is 0.254 e. The van der Waals surface area contributed by atoms with Crippen molar-refractivity contribution in [3.8, 4) is 0 Å². The number of fused-ring (bicyclic) bond motifs is 1. The molecule has 0 radical (unpaired) electrons. The highest BCUT2D eigenvalue weighted by Crippen LogP contribution is 2.38. The Morgan fingerprint density at radius 3 is 2.72 bits per heavy atom. The Hall–Kier alpha value is -2.11. The van der Waals surface area contributed by atoms with Gasteiger partial charge in [-0.1, -0.05) is 29.8 Å². The van der Waals surface area contributed by atoms with Gasteiger partial charge in [-0.05, 0) is 49.0 Å². The van der Waals surface area contributed by atoms with E-state index in [1.807, 2.05) is 18.2 Å². The number of anilines is 1. The van der Waals surface area contributed by atoms with Gasteiger partial charge in [0.2, 0.25) is 5.91 Å². The zero-order valence-electron chi connectivity index (χ0n) is 13.9. The van der Waals surface area contributed by atoms with Gasteiger partial charge in [-0.25, -0.2) is 0 Å². The molecule has 4 nitrogen and oxygen atoms in total. The molecule has 2 aromatic rings. The van der Waals surface area contributed by atoms with Crippen LogP contribution in [0.25, 0.3) is 6.08 Å². The second kappa shape index (κ2) is 7.85. The molecule has 2 N–H and O–H groups in total. The highest BCUT2D eigenvalue weighted by atomic mass is 35.5. The number of rotatable bonds is 4. The van der Waals surface area contributed by atoms with Crippen molar-refractivity contribution in [1.82, 2.24) is 5.32 Å². The first-order valence-corrected chi connectivity index (χ1v) is 9.40. The molecule has 1 heterocycles. The Bertz CT molecular complexity index is 842. The normalized spacial score (nSPS) is 13.5. The Labute approximate surface area is 155 Å². The van der Waals surface area contributed by atoms with Crippen molar-refractivity contribution >= 4 is 45.8 Å². The standard InChI is InChI=1S/C19H19ClN2O2S/c1-21-18(24)17-13-7-3-5-9-15(13)25-19(17)22-16(23)11-10-12-6-2-4-8-14(12)20/h2,4,6,8,10-11H,3,5,7,9H2,1H3,(H,21,24)(H,22,23)/b11-10+. The summed E-state index contributed by atoms with van der Waals surface area (Å²) in [5, 5.41) is 6.75. The summed E-state index contributed by atoms with van der Waals surface area (Å²) in [5.41, 5.74) is 2.47. The zero-order valence-corrected chi connectivity index (χ0v) is 15.5. The van der Waals surface area contributed by atoms with Crippen molar-refractivity contribution in [2.45, 2.75) is 25.7 Å². The van der Waals surface area contributed by atoms with Gasteiger partial charge in [0.15, 0.2) is 0 Å². The maximum atomic E-state index is 12.3. The highest BCUT2D eigenvalue weighted by molar-refractivity contribution is 7.17. The summed E-state index contributed by atoms with van der Waals surface area (Å²) in [5.74, 6) is -0.423. The van der Waals surface area contributed by atoms with Crippen LogP contribution in [0, 0.1) is 0 Å². The summed E-state index contributed by atoms with van der Waals surface area (Å²) >= 11 is 7.59. The van der Waals surface area contributed by atoms with Crippen LogP contribution in [0.3, 0.4) is 0 Å². The van der Waals surface area contributed by atoms with Crippen molar-refractivity contribution in [3.63, 3.8) is 0 Å². The van der Waals surface area contributed by atoms with Crippen LogP contribution < -0.4 is 10.6 Å². The average Bonchev–Trinajstić information content (AvgIpc) is 2.98. The van der Waals surface area contributed by atoms with Crippen LogP contribution in [0.1, 0.15) is 39.2 Å².